The summed E-state index contributed by atoms with van der Waals surface area (Å²) in [6.45, 7) is 6.11. The Kier molecular flexibility index (Phi) is 14.2. The first-order valence-corrected chi connectivity index (χ1v) is 11.4. The van der Waals surface area contributed by atoms with Gasteiger partial charge in [-0.2, -0.15) is 0 Å². The molecule has 0 aliphatic rings. The fourth-order valence-electron chi connectivity index (χ4n) is 3.43. The molecule has 0 N–H and O–H groups in total. The SMILES string of the molecule is CCCCCCCC(CCCCCC)c1ccc(C)c(S(=O)(=O)[O-])c1.[Na+]. The molecule has 0 radical (unpaired) electrons. The molecular weight excluding hydrogens is 355 g/mol. The molecule has 0 saturated heterocycles. The molecule has 144 valence electrons. The summed E-state index contributed by atoms with van der Waals surface area (Å²) in [6, 6.07) is 5.44. The third kappa shape index (κ3) is 9.89. The van der Waals surface area contributed by atoms with Crippen LogP contribution < -0.4 is 29.6 Å². The normalized spacial score (nSPS) is 12.6. The second kappa shape index (κ2) is 14.2. The summed E-state index contributed by atoms with van der Waals surface area (Å²) in [6.07, 6.45) is 13.2. The molecule has 0 aliphatic carbocycles. The van der Waals surface area contributed by atoms with Crippen molar-refractivity contribution in [2.45, 2.75) is 102 Å². The predicted octanol–water partition coefficient (Wildman–Crippen LogP) is 3.32. The Bertz CT molecular complexity index is 599. The van der Waals surface area contributed by atoms with E-state index in [-0.39, 0.29) is 34.5 Å². The van der Waals surface area contributed by atoms with Crippen LogP contribution in [0.3, 0.4) is 0 Å². The van der Waals surface area contributed by atoms with E-state index in [1.807, 2.05) is 6.07 Å². The van der Waals surface area contributed by atoms with Crippen LogP contribution in [0.1, 0.15) is 102 Å². The predicted molar refractivity (Wildman–Crippen MR) is 104 cm³/mol. The van der Waals surface area contributed by atoms with E-state index in [0.717, 1.165) is 18.4 Å². The van der Waals surface area contributed by atoms with Crippen molar-refractivity contribution < 1.29 is 42.5 Å². The van der Waals surface area contributed by atoms with E-state index in [9.17, 15) is 13.0 Å². The summed E-state index contributed by atoms with van der Waals surface area (Å²) in [5.41, 5.74) is 1.57. The van der Waals surface area contributed by atoms with Gasteiger partial charge in [0.15, 0.2) is 0 Å². The van der Waals surface area contributed by atoms with E-state index in [2.05, 4.69) is 13.8 Å². The first-order chi connectivity index (χ1) is 11.9. The minimum Gasteiger partial charge on any atom is -0.744 e. The van der Waals surface area contributed by atoms with E-state index in [4.69, 9.17) is 0 Å². The zero-order chi connectivity index (χ0) is 18.7. The maximum Gasteiger partial charge on any atom is 1.00 e. The summed E-state index contributed by atoms with van der Waals surface area (Å²) in [5, 5.41) is 0. The smallest absolute Gasteiger partial charge is 0.744 e. The van der Waals surface area contributed by atoms with Crippen molar-refractivity contribution in [2.75, 3.05) is 0 Å². The van der Waals surface area contributed by atoms with Gasteiger partial charge in [0.1, 0.15) is 10.1 Å². The standard InChI is InChI=1S/C21H36O3S.Na/c1-4-6-8-10-12-14-19(13-11-9-7-5-2)20-16-15-18(3)21(17-20)25(22,23)24;/h15-17,19H,4-14H2,1-3H3,(H,22,23,24);/q;+1/p-1. The average Bonchev–Trinajstić information content (AvgIpc) is 2.56. The van der Waals surface area contributed by atoms with Crippen molar-refractivity contribution in [1.29, 1.82) is 0 Å². The molecule has 0 fully saturated rings. The van der Waals surface area contributed by atoms with Crippen molar-refractivity contribution in [2.24, 2.45) is 0 Å². The van der Waals surface area contributed by atoms with E-state index < -0.39 is 10.1 Å². The minimum atomic E-state index is -4.40. The molecule has 0 heterocycles. The van der Waals surface area contributed by atoms with Crippen LogP contribution in [0.2, 0.25) is 0 Å². The van der Waals surface area contributed by atoms with Crippen LogP contribution in [-0.4, -0.2) is 13.0 Å². The Morgan fingerprint density at radius 2 is 1.38 bits per heavy atom. The van der Waals surface area contributed by atoms with Gasteiger partial charge in [-0.1, -0.05) is 83.8 Å². The summed E-state index contributed by atoms with van der Waals surface area (Å²) < 4.78 is 34.5. The van der Waals surface area contributed by atoms with Crippen LogP contribution in [0.15, 0.2) is 23.1 Å². The Morgan fingerprint density at radius 3 is 1.88 bits per heavy atom. The molecule has 0 bridgehead atoms. The molecule has 0 spiro atoms. The molecule has 1 atom stereocenters. The number of hydrogen-bond donors (Lipinski definition) is 0. The van der Waals surface area contributed by atoms with Gasteiger partial charge in [0.05, 0.1) is 4.90 Å². The van der Waals surface area contributed by atoms with Gasteiger partial charge in [0.2, 0.25) is 0 Å². The summed E-state index contributed by atoms with van der Waals surface area (Å²) in [7, 11) is -4.40. The topological polar surface area (TPSA) is 57.2 Å². The quantitative estimate of drug-likeness (QED) is 0.295. The van der Waals surface area contributed by atoms with Crippen molar-refractivity contribution >= 4 is 10.1 Å². The number of unbranched alkanes of at least 4 members (excludes halogenated alkanes) is 7. The van der Waals surface area contributed by atoms with Gasteiger partial charge in [-0.3, -0.25) is 0 Å². The summed E-state index contributed by atoms with van der Waals surface area (Å²) in [5.74, 6) is 0.361. The van der Waals surface area contributed by atoms with Gasteiger partial charge in [-0.05, 0) is 42.9 Å². The minimum absolute atomic E-state index is 0. The van der Waals surface area contributed by atoms with Crippen molar-refractivity contribution in [3.8, 4) is 0 Å². The molecular formula is C21H35NaO3S. The Hall–Kier alpha value is 0.130. The third-order valence-electron chi connectivity index (χ3n) is 5.02. The van der Waals surface area contributed by atoms with Gasteiger partial charge in [0, 0.05) is 0 Å². The van der Waals surface area contributed by atoms with Crippen LogP contribution in [0.4, 0.5) is 0 Å². The molecule has 0 amide bonds. The second-order valence-electron chi connectivity index (χ2n) is 7.23. The zero-order valence-corrected chi connectivity index (χ0v) is 20.0. The molecule has 0 aromatic heterocycles. The fourth-order valence-corrected chi connectivity index (χ4v) is 4.17. The van der Waals surface area contributed by atoms with E-state index in [0.29, 0.717) is 11.5 Å². The van der Waals surface area contributed by atoms with Gasteiger partial charge < -0.3 is 4.55 Å². The number of hydrogen-bond acceptors (Lipinski definition) is 3. The molecule has 3 nitrogen and oxygen atoms in total. The second-order valence-corrected chi connectivity index (χ2v) is 8.58. The number of aryl methyl sites for hydroxylation is 1. The molecule has 1 unspecified atom stereocenters. The Labute approximate surface area is 183 Å². The molecule has 0 saturated carbocycles. The third-order valence-corrected chi connectivity index (χ3v) is 5.99. The van der Waals surface area contributed by atoms with Crippen molar-refractivity contribution in [1.82, 2.24) is 0 Å². The maximum atomic E-state index is 11.5. The molecule has 1 rings (SSSR count). The van der Waals surface area contributed by atoms with Crippen LogP contribution in [0.5, 0.6) is 0 Å². The molecule has 1 aromatic rings. The maximum absolute atomic E-state index is 11.5. The Morgan fingerprint density at radius 1 is 0.885 bits per heavy atom. The number of rotatable bonds is 13. The van der Waals surface area contributed by atoms with Gasteiger partial charge in [0.25, 0.3) is 0 Å². The van der Waals surface area contributed by atoms with Crippen molar-refractivity contribution in [3.05, 3.63) is 29.3 Å². The fraction of sp³-hybridized carbons (Fsp3) is 0.714. The summed E-state index contributed by atoms with van der Waals surface area (Å²) in [4.78, 5) is -0.0467. The first-order valence-electron chi connectivity index (χ1n) is 9.96. The van der Waals surface area contributed by atoms with Crippen LogP contribution in [0, 0.1) is 6.92 Å². The summed E-state index contributed by atoms with van der Waals surface area (Å²) >= 11 is 0. The molecule has 0 aliphatic heterocycles. The van der Waals surface area contributed by atoms with E-state index >= 15 is 0 Å². The Balaban J connectivity index is 0.00000625. The van der Waals surface area contributed by atoms with E-state index in [1.165, 1.54) is 57.8 Å². The number of benzene rings is 1. The monoisotopic (exact) mass is 390 g/mol. The van der Waals surface area contributed by atoms with Crippen molar-refractivity contribution in [3.63, 3.8) is 0 Å². The molecule has 1 aromatic carbocycles. The van der Waals surface area contributed by atoms with E-state index in [1.54, 1.807) is 19.1 Å². The molecule has 5 heteroatoms. The first kappa shape index (κ1) is 26.1. The van der Waals surface area contributed by atoms with Gasteiger partial charge in [-0.25, -0.2) is 8.42 Å². The van der Waals surface area contributed by atoms with Gasteiger partial charge in [-0.15, -0.1) is 0 Å². The van der Waals surface area contributed by atoms with Crippen LogP contribution in [0.25, 0.3) is 0 Å². The van der Waals surface area contributed by atoms with Crippen LogP contribution in [-0.2, 0) is 10.1 Å². The molecule has 26 heavy (non-hydrogen) atoms. The average molecular weight is 391 g/mol. The van der Waals surface area contributed by atoms with Crippen LogP contribution >= 0.6 is 0 Å². The largest absolute Gasteiger partial charge is 1.00 e. The van der Waals surface area contributed by atoms with Gasteiger partial charge >= 0.3 is 29.6 Å². The zero-order valence-electron chi connectivity index (χ0n) is 17.2.